The number of carbonyl (C=O) groups excluding carboxylic acids is 3. The number of hydrazine groups is 1. The Morgan fingerprint density at radius 2 is 1.68 bits per heavy atom. The largest absolute Gasteiger partial charge is 0.333 e. The van der Waals surface area contributed by atoms with Gasteiger partial charge in [-0.1, -0.05) is 90.8 Å². The number of benzene rings is 4. The zero-order chi connectivity index (χ0) is 32.9. The highest BCUT2D eigenvalue weighted by Crippen LogP contribution is 2.31. The van der Waals surface area contributed by atoms with E-state index in [9.17, 15) is 23.1 Å². The highest BCUT2D eigenvalue weighted by atomic mass is 32.2. The first kappa shape index (κ1) is 31.7. The Morgan fingerprint density at radius 1 is 0.957 bits per heavy atom. The van der Waals surface area contributed by atoms with Gasteiger partial charge in [-0.3, -0.25) is 18.9 Å². The van der Waals surface area contributed by atoms with Gasteiger partial charge in [0.15, 0.2) is 0 Å². The summed E-state index contributed by atoms with van der Waals surface area (Å²) in [5.41, 5.74) is 3.08. The summed E-state index contributed by atoms with van der Waals surface area (Å²) in [4.78, 5) is 44.9. The van der Waals surface area contributed by atoms with Gasteiger partial charge in [0.25, 0.3) is 11.3 Å². The molecule has 2 heterocycles. The number of terminal acetylenes is 1. The van der Waals surface area contributed by atoms with Gasteiger partial charge in [0.2, 0.25) is 11.8 Å². The minimum atomic E-state index is -2.23. The van der Waals surface area contributed by atoms with Crippen molar-refractivity contribution in [3.05, 3.63) is 114 Å². The van der Waals surface area contributed by atoms with E-state index in [0.717, 1.165) is 27.5 Å². The number of nitrogens with zero attached hydrogens (tertiary/aromatic N) is 4. The third-order valence-corrected chi connectivity index (χ3v) is 8.88. The van der Waals surface area contributed by atoms with Gasteiger partial charge in [0.05, 0.1) is 19.6 Å². The van der Waals surface area contributed by atoms with Gasteiger partial charge in [-0.05, 0) is 39.6 Å². The van der Waals surface area contributed by atoms with Crippen LogP contribution in [0.1, 0.15) is 16.7 Å². The lowest BCUT2D eigenvalue weighted by molar-refractivity contribution is -0.157. The number of hydrogen-bond donors (Lipinski definition) is 3. The Morgan fingerprint density at radius 3 is 2.43 bits per heavy atom. The second-order valence-corrected chi connectivity index (χ2v) is 12.1. The summed E-state index contributed by atoms with van der Waals surface area (Å²) < 4.78 is 22.8. The van der Waals surface area contributed by atoms with E-state index in [-0.39, 0.29) is 44.4 Å². The molecule has 47 heavy (non-hydrogen) atoms. The minimum absolute atomic E-state index is 0.0686. The fourth-order valence-electron chi connectivity index (χ4n) is 6.29. The Balaban J connectivity index is 1.31. The molecule has 240 valence electrons. The van der Waals surface area contributed by atoms with Crippen molar-refractivity contribution >= 4 is 45.6 Å². The molecule has 0 saturated carbocycles. The number of piperazine rings is 1. The number of carbonyl (C=O) groups is 3. The molecule has 1 unspecified atom stereocenters. The third-order valence-electron chi connectivity index (χ3n) is 8.47. The van der Waals surface area contributed by atoms with Crippen LogP contribution in [0.4, 0.5) is 10.5 Å². The molecular weight excluding hydrogens is 616 g/mol. The molecule has 0 radical (unpaired) electrons. The second kappa shape index (κ2) is 14.0. The predicted octanol–water partition coefficient (Wildman–Crippen LogP) is 3.57. The maximum atomic E-state index is 14.3. The van der Waals surface area contributed by atoms with Crippen LogP contribution in [0, 0.1) is 12.3 Å². The van der Waals surface area contributed by atoms with Crippen LogP contribution in [0.15, 0.2) is 97.1 Å². The Labute approximate surface area is 275 Å². The molecule has 4 aromatic rings. The topological polar surface area (TPSA) is 126 Å². The van der Waals surface area contributed by atoms with Crippen LogP contribution < -0.4 is 10.0 Å². The van der Waals surface area contributed by atoms with Crippen LogP contribution >= 0.6 is 0 Å². The van der Waals surface area contributed by atoms with Crippen LogP contribution in [-0.4, -0.2) is 78.3 Å². The van der Waals surface area contributed by atoms with Gasteiger partial charge in [-0.15, -0.1) is 6.42 Å². The fourth-order valence-corrected chi connectivity index (χ4v) is 6.63. The van der Waals surface area contributed by atoms with Gasteiger partial charge in [-0.25, -0.2) is 14.0 Å². The van der Waals surface area contributed by atoms with Crippen molar-refractivity contribution in [3.63, 3.8) is 0 Å². The standard InChI is InChI=1S/C35H34N6O5S/c1-2-19-39(35(44)36-21-26-9-4-3-5-10-26)40-24-33(42)41-31(20-25-15-17-29(18-16-25)37-47(45)46)34(43)38(23-32(40)41)22-28-13-8-12-27-11-6-7-14-30(27)28/h1,3-18,31-32,37H,19-24H2,(H,36,44)(H,45,46)/t31-,32+/m0/s1. The van der Waals surface area contributed by atoms with Crippen LogP contribution in [0.25, 0.3) is 10.8 Å². The van der Waals surface area contributed by atoms with Crippen molar-refractivity contribution in [2.24, 2.45) is 0 Å². The molecule has 2 aliphatic heterocycles. The lowest BCUT2D eigenvalue weighted by Crippen LogP contribution is -2.66. The lowest BCUT2D eigenvalue weighted by atomic mass is 9.99. The van der Waals surface area contributed by atoms with E-state index in [1.165, 1.54) is 5.01 Å². The van der Waals surface area contributed by atoms with Gasteiger partial charge in [0, 0.05) is 25.2 Å². The average molecular weight is 651 g/mol. The number of nitrogens with one attached hydrogen (secondary N) is 2. The molecule has 4 aromatic carbocycles. The molecule has 0 bridgehead atoms. The van der Waals surface area contributed by atoms with Crippen LogP contribution in [0.2, 0.25) is 0 Å². The van der Waals surface area contributed by atoms with Crippen molar-refractivity contribution in [3.8, 4) is 12.3 Å². The maximum absolute atomic E-state index is 14.3. The second-order valence-electron chi connectivity index (χ2n) is 11.4. The first-order chi connectivity index (χ1) is 22.8. The van der Waals surface area contributed by atoms with Gasteiger partial charge >= 0.3 is 6.03 Å². The number of anilines is 1. The monoisotopic (exact) mass is 650 g/mol. The smallest absolute Gasteiger partial charge is 0.333 e. The molecule has 6 rings (SSSR count). The molecule has 4 amide bonds. The SMILES string of the molecule is C#CCN(C(=O)NCc1ccccc1)N1CC(=O)N2[C@@H](Cc3ccc(NS(=O)O)cc3)C(=O)N(Cc3cccc4ccccc34)C[C@@H]21. The van der Waals surface area contributed by atoms with Gasteiger partial charge < -0.3 is 15.1 Å². The molecule has 3 atom stereocenters. The van der Waals surface area contributed by atoms with Crippen LogP contribution in [0.3, 0.4) is 0 Å². The third kappa shape index (κ3) is 6.97. The first-order valence-corrected chi connectivity index (χ1v) is 16.3. The first-order valence-electron chi connectivity index (χ1n) is 15.1. The lowest BCUT2D eigenvalue weighted by Gasteiger charge is -2.46. The molecular formula is C35H34N6O5S. The van der Waals surface area contributed by atoms with Crippen molar-refractivity contribution in [1.29, 1.82) is 0 Å². The van der Waals surface area contributed by atoms with E-state index in [1.807, 2.05) is 72.8 Å². The van der Waals surface area contributed by atoms with E-state index >= 15 is 0 Å². The molecule has 2 fully saturated rings. The van der Waals surface area contributed by atoms with Gasteiger partial charge in [0.1, 0.15) is 12.2 Å². The van der Waals surface area contributed by atoms with E-state index in [1.54, 1.807) is 39.1 Å². The molecule has 12 heteroatoms. The van der Waals surface area contributed by atoms with E-state index in [0.29, 0.717) is 12.2 Å². The number of rotatable bonds is 10. The van der Waals surface area contributed by atoms with Crippen molar-refractivity contribution in [2.45, 2.75) is 31.7 Å². The summed E-state index contributed by atoms with van der Waals surface area (Å²) in [6.45, 7) is 0.565. The van der Waals surface area contributed by atoms with Crippen molar-refractivity contribution in [1.82, 2.24) is 25.1 Å². The Kier molecular flexibility index (Phi) is 9.49. The molecule has 0 aliphatic carbocycles. The number of fused-ring (bicyclic) bond motifs is 2. The summed E-state index contributed by atoms with van der Waals surface area (Å²) in [5, 5.41) is 8.04. The predicted molar refractivity (Wildman–Crippen MR) is 179 cm³/mol. The van der Waals surface area contributed by atoms with Crippen molar-refractivity contribution < 1.29 is 23.1 Å². The number of amides is 4. The van der Waals surface area contributed by atoms with Crippen molar-refractivity contribution in [2.75, 3.05) is 24.4 Å². The zero-order valence-corrected chi connectivity index (χ0v) is 26.3. The molecule has 2 saturated heterocycles. The molecule has 2 aliphatic rings. The summed E-state index contributed by atoms with van der Waals surface area (Å²) in [5.74, 6) is 2.06. The number of hydrogen-bond acceptors (Lipinski definition) is 5. The highest BCUT2D eigenvalue weighted by Gasteiger charge is 2.52. The molecule has 0 aromatic heterocycles. The van der Waals surface area contributed by atoms with Gasteiger partial charge in [-0.2, -0.15) is 5.01 Å². The zero-order valence-electron chi connectivity index (χ0n) is 25.5. The Hall–Kier alpha value is -5.22. The summed E-state index contributed by atoms with van der Waals surface area (Å²) >= 11 is -2.23. The highest BCUT2D eigenvalue weighted by molar-refractivity contribution is 7.80. The van der Waals surface area contributed by atoms with Crippen LogP contribution in [-0.2, 0) is 40.4 Å². The van der Waals surface area contributed by atoms with E-state index < -0.39 is 29.5 Å². The molecule has 0 spiro atoms. The maximum Gasteiger partial charge on any atom is 0.333 e. The quantitative estimate of drug-likeness (QED) is 0.178. The minimum Gasteiger partial charge on any atom is -0.333 e. The summed E-state index contributed by atoms with van der Waals surface area (Å²) in [7, 11) is 0. The normalized spacial score (nSPS) is 18.5. The van der Waals surface area contributed by atoms with E-state index in [2.05, 4.69) is 16.0 Å². The average Bonchev–Trinajstić information content (AvgIpc) is 3.40. The molecule has 11 nitrogen and oxygen atoms in total. The fraction of sp³-hybridized carbons (Fsp3) is 0.229. The summed E-state index contributed by atoms with van der Waals surface area (Å²) in [6, 6.07) is 28.9. The van der Waals surface area contributed by atoms with Crippen LogP contribution in [0.5, 0.6) is 0 Å². The van der Waals surface area contributed by atoms with E-state index in [4.69, 9.17) is 6.42 Å². The summed E-state index contributed by atoms with van der Waals surface area (Å²) in [6.07, 6.45) is 5.28. The Bertz CT molecular complexity index is 1840. The molecule has 3 N–H and O–H groups in total. The number of urea groups is 1.